The number of benzene rings is 2. The first-order chi connectivity index (χ1) is 9.62. The average molecular weight is 266 g/mol. The van der Waals surface area contributed by atoms with Gasteiger partial charge in [0.05, 0.1) is 7.11 Å². The van der Waals surface area contributed by atoms with Crippen LogP contribution in [0.5, 0.6) is 5.75 Å². The highest BCUT2D eigenvalue weighted by Crippen LogP contribution is 2.27. The molecular weight excluding hydrogens is 244 g/mol. The smallest absolute Gasteiger partial charge is 0.118 e. The molecule has 2 aromatic rings. The Bertz CT molecular complexity index is 550. The summed E-state index contributed by atoms with van der Waals surface area (Å²) in [6, 6.07) is 18.8. The van der Waals surface area contributed by atoms with Crippen LogP contribution in [0, 0.1) is 0 Å². The van der Waals surface area contributed by atoms with Crippen LogP contribution in [0.3, 0.4) is 0 Å². The molecule has 20 heavy (non-hydrogen) atoms. The van der Waals surface area contributed by atoms with Gasteiger partial charge in [0.2, 0.25) is 0 Å². The summed E-state index contributed by atoms with van der Waals surface area (Å²) in [5.41, 5.74) is 2.73. The normalized spacial score (nSPS) is 11.8. The van der Waals surface area contributed by atoms with Crippen molar-refractivity contribution in [1.29, 1.82) is 0 Å². The van der Waals surface area contributed by atoms with Crippen molar-refractivity contribution in [2.75, 3.05) is 7.11 Å². The highest BCUT2D eigenvalue weighted by atomic mass is 16.5. The zero-order valence-corrected chi connectivity index (χ0v) is 12.5. The molecule has 0 fully saturated rings. The second kappa shape index (κ2) is 6.42. The van der Waals surface area contributed by atoms with Gasteiger partial charge in [-0.1, -0.05) is 68.5 Å². The van der Waals surface area contributed by atoms with E-state index in [9.17, 15) is 0 Å². The Morgan fingerprint density at radius 1 is 0.950 bits per heavy atom. The van der Waals surface area contributed by atoms with Gasteiger partial charge in [0.15, 0.2) is 0 Å². The molecule has 0 atom stereocenters. The van der Waals surface area contributed by atoms with Crippen molar-refractivity contribution in [1.82, 2.24) is 0 Å². The molecule has 104 valence electrons. The van der Waals surface area contributed by atoms with E-state index in [4.69, 9.17) is 4.74 Å². The van der Waals surface area contributed by atoms with E-state index < -0.39 is 0 Å². The van der Waals surface area contributed by atoms with Crippen molar-refractivity contribution in [3.8, 4) is 5.75 Å². The lowest BCUT2D eigenvalue weighted by Gasteiger charge is -2.23. The van der Waals surface area contributed by atoms with Gasteiger partial charge in [0.1, 0.15) is 5.75 Å². The SMILES string of the molecule is COc1ccc(C=CCC(C)(C)c2ccccc2)cc1. The molecule has 0 radical (unpaired) electrons. The molecule has 0 N–H and O–H groups in total. The van der Waals surface area contributed by atoms with Crippen LogP contribution >= 0.6 is 0 Å². The van der Waals surface area contributed by atoms with Crippen molar-refractivity contribution in [2.24, 2.45) is 0 Å². The summed E-state index contributed by atoms with van der Waals surface area (Å²) in [5.74, 6) is 0.895. The summed E-state index contributed by atoms with van der Waals surface area (Å²) >= 11 is 0. The van der Waals surface area contributed by atoms with Crippen LogP contribution in [-0.2, 0) is 5.41 Å². The second-order valence-corrected chi connectivity index (χ2v) is 5.63. The van der Waals surface area contributed by atoms with E-state index in [-0.39, 0.29) is 5.41 Å². The minimum atomic E-state index is 0.157. The number of allylic oxidation sites excluding steroid dienone is 1. The maximum atomic E-state index is 5.16. The molecule has 0 aliphatic rings. The first-order valence-corrected chi connectivity index (χ1v) is 6.98. The van der Waals surface area contributed by atoms with Crippen LogP contribution < -0.4 is 4.74 Å². The number of rotatable bonds is 5. The van der Waals surface area contributed by atoms with Gasteiger partial charge in [-0.2, -0.15) is 0 Å². The van der Waals surface area contributed by atoms with Crippen molar-refractivity contribution < 1.29 is 4.74 Å². The minimum Gasteiger partial charge on any atom is -0.497 e. The molecule has 1 heteroatoms. The lowest BCUT2D eigenvalue weighted by Crippen LogP contribution is -2.15. The molecule has 0 saturated carbocycles. The Morgan fingerprint density at radius 3 is 2.20 bits per heavy atom. The topological polar surface area (TPSA) is 9.23 Å². The summed E-state index contributed by atoms with van der Waals surface area (Å²) in [6.07, 6.45) is 5.43. The zero-order chi connectivity index (χ0) is 14.4. The average Bonchev–Trinajstić information content (AvgIpc) is 2.49. The number of methoxy groups -OCH3 is 1. The number of ether oxygens (including phenoxy) is 1. The number of hydrogen-bond acceptors (Lipinski definition) is 1. The van der Waals surface area contributed by atoms with Crippen LogP contribution in [0.1, 0.15) is 31.4 Å². The van der Waals surface area contributed by atoms with Gasteiger partial charge in [0, 0.05) is 0 Å². The third-order valence-electron chi connectivity index (χ3n) is 3.61. The van der Waals surface area contributed by atoms with E-state index in [1.165, 1.54) is 11.1 Å². The first-order valence-electron chi connectivity index (χ1n) is 6.98. The van der Waals surface area contributed by atoms with Crippen LogP contribution in [0.15, 0.2) is 60.7 Å². The number of hydrogen-bond donors (Lipinski definition) is 0. The van der Waals surface area contributed by atoms with E-state index in [0.29, 0.717) is 0 Å². The molecule has 1 nitrogen and oxygen atoms in total. The predicted octanol–water partition coefficient (Wildman–Crippen LogP) is 5.08. The molecule has 0 bridgehead atoms. The molecule has 0 spiro atoms. The third-order valence-corrected chi connectivity index (χ3v) is 3.61. The van der Waals surface area contributed by atoms with Crippen LogP contribution in [0.4, 0.5) is 0 Å². The molecule has 0 unspecified atom stereocenters. The quantitative estimate of drug-likeness (QED) is 0.733. The molecule has 0 aliphatic carbocycles. The fraction of sp³-hybridized carbons (Fsp3) is 0.263. The summed E-state index contributed by atoms with van der Waals surface area (Å²) in [6.45, 7) is 4.56. The molecule has 2 aromatic carbocycles. The summed E-state index contributed by atoms with van der Waals surface area (Å²) in [5, 5.41) is 0. The van der Waals surface area contributed by atoms with Crippen LogP contribution in [0.2, 0.25) is 0 Å². The molecule has 0 heterocycles. The van der Waals surface area contributed by atoms with E-state index in [1.54, 1.807) is 7.11 Å². The van der Waals surface area contributed by atoms with E-state index in [0.717, 1.165) is 12.2 Å². The van der Waals surface area contributed by atoms with Gasteiger partial charge in [0.25, 0.3) is 0 Å². The minimum absolute atomic E-state index is 0.157. The van der Waals surface area contributed by atoms with Crippen molar-refractivity contribution in [3.05, 3.63) is 71.8 Å². The van der Waals surface area contributed by atoms with Crippen LogP contribution in [0.25, 0.3) is 6.08 Å². The van der Waals surface area contributed by atoms with Crippen molar-refractivity contribution in [3.63, 3.8) is 0 Å². The first kappa shape index (κ1) is 14.4. The fourth-order valence-corrected chi connectivity index (χ4v) is 2.21. The third kappa shape index (κ3) is 3.74. The van der Waals surface area contributed by atoms with E-state index in [2.05, 4.69) is 68.5 Å². The monoisotopic (exact) mass is 266 g/mol. The maximum Gasteiger partial charge on any atom is 0.118 e. The Hall–Kier alpha value is -2.02. The van der Waals surface area contributed by atoms with Gasteiger partial charge >= 0.3 is 0 Å². The Balaban J connectivity index is 2.01. The maximum absolute atomic E-state index is 5.16. The zero-order valence-electron chi connectivity index (χ0n) is 12.5. The summed E-state index contributed by atoms with van der Waals surface area (Å²) in [4.78, 5) is 0. The molecule has 0 aliphatic heterocycles. The lowest BCUT2D eigenvalue weighted by atomic mass is 9.81. The van der Waals surface area contributed by atoms with E-state index in [1.807, 2.05) is 12.1 Å². The molecule has 0 amide bonds. The van der Waals surface area contributed by atoms with Crippen molar-refractivity contribution in [2.45, 2.75) is 25.7 Å². The van der Waals surface area contributed by atoms with Gasteiger partial charge in [-0.3, -0.25) is 0 Å². The largest absolute Gasteiger partial charge is 0.497 e. The van der Waals surface area contributed by atoms with Gasteiger partial charge in [-0.05, 0) is 35.1 Å². The standard InChI is InChI=1S/C19H22O/c1-19(2,17-9-5-4-6-10-17)15-7-8-16-11-13-18(20-3)14-12-16/h4-14H,15H2,1-3H3. The van der Waals surface area contributed by atoms with E-state index >= 15 is 0 Å². The summed E-state index contributed by atoms with van der Waals surface area (Å²) < 4.78 is 5.16. The predicted molar refractivity (Wildman–Crippen MR) is 86.1 cm³/mol. The Labute approximate surface area is 121 Å². The highest BCUT2D eigenvalue weighted by Gasteiger charge is 2.17. The molecule has 0 saturated heterocycles. The van der Waals surface area contributed by atoms with Gasteiger partial charge in [-0.25, -0.2) is 0 Å². The van der Waals surface area contributed by atoms with Crippen LogP contribution in [-0.4, -0.2) is 7.11 Å². The van der Waals surface area contributed by atoms with Gasteiger partial charge < -0.3 is 4.74 Å². The second-order valence-electron chi connectivity index (χ2n) is 5.63. The Kier molecular flexibility index (Phi) is 4.62. The molecular formula is C19H22O. The lowest BCUT2D eigenvalue weighted by molar-refractivity contribution is 0.415. The highest BCUT2D eigenvalue weighted by molar-refractivity contribution is 5.50. The summed E-state index contributed by atoms with van der Waals surface area (Å²) in [7, 11) is 1.69. The molecule has 2 rings (SSSR count). The fourth-order valence-electron chi connectivity index (χ4n) is 2.21. The van der Waals surface area contributed by atoms with Crippen molar-refractivity contribution >= 4 is 6.08 Å². The Morgan fingerprint density at radius 2 is 1.60 bits per heavy atom. The van der Waals surface area contributed by atoms with Gasteiger partial charge in [-0.15, -0.1) is 0 Å². The molecule has 0 aromatic heterocycles.